The zero-order valence-corrected chi connectivity index (χ0v) is 13.7. The highest BCUT2D eigenvalue weighted by atomic mass is 16.5. The first-order valence-electron chi connectivity index (χ1n) is 7.50. The highest BCUT2D eigenvalue weighted by Gasteiger charge is 2.11. The zero-order valence-electron chi connectivity index (χ0n) is 13.7. The van der Waals surface area contributed by atoms with Gasteiger partial charge in [0.1, 0.15) is 12.3 Å². The average molecular weight is 340 g/mol. The van der Waals surface area contributed by atoms with Crippen molar-refractivity contribution in [3.8, 4) is 17.2 Å². The van der Waals surface area contributed by atoms with Gasteiger partial charge < -0.3 is 19.1 Å². The first-order valence-corrected chi connectivity index (χ1v) is 7.50. The molecule has 1 amide bonds. The van der Waals surface area contributed by atoms with Crippen LogP contribution in [-0.4, -0.2) is 27.7 Å². The Labute approximate surface area is 143 Å². The molecule has 3 aromatic rings. The Morgan fingerprint density at radius 1 is 1.32 bits per heavy atom. The van der Waals surface area contributed by atoms with Gasteiger partial charge in [0.05, 0.1) is 12.7 Å². The molecule has 128 valence electrons. The molecule has 0 spiro atoms. The molecule has 8 heteroatoms. The Kier molecular flexibility index (Phi) is 4.60. The maximum atomic E-state index is 12.2. The average Bonchev–Trinajstić information content (AvgIpc) is 3.03. The van der Waals surface area contributed by atoms with Crippen LogP contribution in [0.25, 0.3) is 11.5 Å². The van der Waals surface area contributed by atoms with Gasteiger partial charge in [-0.1, -0.05) is 11.2 Å². The summed E-state index contributed by atoms with van der Waals surface area (Å²) in [4.78, 5) is 28.3. The fourth-order valence-electron chi connectivity index (χ4n) is 2.25. The zero-order chi connectivity index (χ0) is 17.8. The molecule has 25 heavy (non-hydrogen) atoms. The number of rotatable bonds is 5. The van der Waals surface area contributed by atoms with Gasteiger partial charge in [-0.05, 0) is 25.1 Å². The summed E-state index contributed by atoms with van der Waals surface area (Å²) in [6, 6.07) is 9.90. The number of nitrogens with one attached hydrogen (secondary N) is 1. The van der Waals surface area contributed by atoms with Crippen LogP contribution in [0.15, 0.2) is 51.9 Å². The number of amides is 1. The minimum atomic E-state index is -0.339. The van der Waals surface area contributed by atoms with Gasteiger partial charge in [0.2, 0.25) is 5.91 Å². The molecular weight excluding hydrogens is 324 g/mol. The number of carbonyl (C=O) groups is 1. The molecule has 1 aromatic carbocycles. The molecule has 0 bridgehead atoms. The number of nitrogens with zero attached hydrogens (tertiary/aromatic N) is 3. The molecule has 2 aromatic heterocycles. The van der Waals surface area contributed by atoms with Crippen LogP contribution in [0.2, 0.25) is 0 Å². The van der Waals surface area contributed by atoms with E-state index in [2.05, 4.69) is 15.5 Å². The number of methoxy groups -OCH3 is 1. The maximum Gasteiger partial charge on any atom is 0.259 e. The van der Waals surface area contributed by atoms with E-state index in [0.717, 1.165) is 0 Å². The fourth-order valence-corrected chi connectivity index (χ4v) is 2.25. The topological polar surface area (TPSA) is 99.2 Å². The van der Waals surface area contributed by atoms with Gasteiger partial charge in [-0.15, -0.1) is 0 Å². The van der Waals surface area contributed by atoms with Gasteiger partial charge in [0, 0.05) is 24.0 Å². The number of benzene rings is 1. The van der Waals surface area contributed by atoms with Crippen molar-refractivity contribution in [1.82, 2.24) is 14.7 Å². The largest absolute Gasteiger partial charge is 0.497 e. The number of hydrogen-bond donors (Lipinski definition) is 1. The SMILES string of the molecule is COc1cccc(NC(=O)Cn2cc(-c3nc(C)no3)ccc2=O)c1. The molecule has 1 N–H and O–H groups in total. The van der Waals surface area contributed by atoms with Gasteiger partial charge in [-0.2, -0.15) is 4.98 Å². The number of hydrogen-bond acceptors (Lipinski definition) is 6. The third kappa shape index (κ3) is 3.92. The number of carbonyl (C=O) groups excluding carboxylic acids is 1. The number of aryl methyl sites for hydroxylation is 1. The van der Waals surface area contributed by atoms with Crippen LogP contribution < -0.4 is 15.6 Å². The summed E-state index contributed by atoms with van der Waals surface area (Å²) in [5, 5.41) is 6.44. The lowest BCUT2D eigenvalue weighted by Gasteiger charge is -2.09. The highest BCUT2D eigenvalue weighted by Crippen LogP contribution is 2.17. The molecule has 0 unspecified atom stereocenters. The first-order chi connectivity index (χ1) is 12.0. The molecule has 0 aliphatic heterocycles. The summed E-state index contributed by atoms with van der Waals surface area (Å²) in [5.41, 5.74) is 0.844. The van der Waals surface area contributed by atoms with E-state index in [4.69, 9.17) is 9.26 Å². The maximum absolute atomic E-state index is 12.2. The number of aromatic nitrogens is 3. The van der Waals surface area contributed by atoms with Crippen LogP contribution in [0.4, 0.5) is 5.69 Å². The lowest BCUT2D eigenvalue weighted by Crippen LogP contribution is -2.26. The Morgan fingerprint density at radius 2 is 2.16 bits per heavy atom. The van der Waals surface area contributed by atoms with Gasteiger partial charge in [0.15, 0.2) is 5.82 Å². The van der Waals surface area contributed by atoms with E-state index in [0.29, 0.717) is 28.7 Å². The molecule has 0 fully saturated rings. The van der Waals surface area contributed by atoms with Gasteiger partial charge in [0.25, 0.3) is 11.4 Å². The normalized spacial score (nSPS) is 10.5. The Bertz CT molecular complexity index is 961. The molecule has 0 atom stereocenters. The standard InChI is InChI=1S/C17H16N4O4/c1-11-18-17(25-20-11)12-6-7-16(23)21(9-12)10-15(22)19-13-4-3-5-14(8-13)24-2/h3-9H,10H2,1-2H3,(H,19,22). The van der Waals surface area contributed by atoms with Gasteiger partial charge in [-0.3, -0.25) is 9.59 Å². The smallest absolute Gasteiger partial charge is 0.259 e. The van der Waals surface area contributed by atoms with E-state index in [-0.39, 0.29) is 18.0 Å². The molecule has 0 saturated heterocycles. The summed E-state index contributed by atoms with van der Waals surface area (Å²) in [7, 11) is 1.55. The molecular formula is C17H16N4O4. The number of ether oxygens (including phenoxy) is 1. The number of anilines is 1. The summed E-state index contributed by atoms with van der Waals surface area (Å²) in [6.07, 6.45) is 1.51. The van der Waals surface area contributed by atoms with Crippen LogP contribution in [0.5, 0.6) is 5.75 Å². The van der Waals surface area contributed by atoms with Crippen molar-refractivity contribution in [3.63, 3.8) is 0 Å². The van der Waals surface area contributed by atoms with E-state index in [9.17, 15) is 9.59 Å². The summed E-state index contributed by atoms with van der Waals surface area (Å²) < 4.78 is 11.5. The van der Waals surface area contributed by atoms with Crippen molar-refractivity contribution < 1.29 is 14.1 Å². The first kappa shape index (κ1) is 16.4. The quantitative estimate of drug-likeness (QED) is 0.761. The Hall–Kier alpha value is -3.42. The second kappa shape index (κ2) is 7.00. The summed E-state index contributed by atoms with van der Waals surface area (Å²) in [6.45, 7) is 1.56. The van der Waals surface area contributed by atoms with E-state index in [1.807, 2.05) is 0 Å². The molecule has 0 saturated carbocycles. The lowest BCUT2D eigenvalue weighted by molar-refractivity contribution is -0.116. The van der Waals surface area contributed by atoms with Crippen molar-refractivity contribution in [2.75, 3.05) is 12.4 Å². The van der Waals surface area contributed by atoms with E-state index < -0.39 is 0 Å². The van der Waals surface area contributed by atoms with Crippen LogP contribution >= 0.6 is 0 Å². The molecule has 0 radical (unpaired) electrons. The Balaban J connectivity index is 1.77. The third-order valence-electron chi connectivity index (χ3n) is 3.43. The second-order valence-corrected chi connectivity index (χ2v) is 5.31. The van der Waals surface area contributed by atoms with Crippen molar-refractivity contribution in [1.29, 1.82) is 0 Å². The Morgan fingerprint density at radius 3 is 2.88 bits per heavy atom. The van der Waals surface area contributed by atoms with E-state index in [1.165, 1.54) is 16.8 Å². The van der Waals surface area contributed by atoms with E-state index >= 15 is 0 Å². The molecule has 2 heterocycles. The van der Waals surface area contributed by atoms with Crippen molar-refractivity contribution in [2.24, 2.45) is 0 Å². The summed E-state index contributed by atoms with van der Waals surface area (Å²) >= 11 is 0. The predicted octanol–water partition coefficient (Wildman–Crippen LogP) is 1.85. The summed E-state index contributed by atoms with van der Waals surface area (Å²) in [5.74, 6) is 1.07. The molecule has 8 nitrogen and oxygen atoms in total. The van der Waals surface area contributed by atoms with Crippen molar-refractivity contribution in [3.05, 3.63) is 58.8 Å². The van der Waals surface area contributed by atoms with Crippen LogP contribution in [0, 0.1) is 6.92 Å². The highest BCUT2D eigenvalue weighted by molar-refractivity contribution is 5.90. The van der Waals surface area contributed by atoms with Crippen LogP contribution in [0.1, 0.15) is 5.82 Å². The second-order valence-electron chi connectivity index (χ2n) is 5.31. The molecule has 3 rings (SSSR count). The number of pyridine rings is 1. The molecule has 0 aliphatic rings. The minimum absolute atomic E-state index is 0.142. The predicted molar refractivity (Wildman–Crippen MR) is 90.4 cm³/mol. The third-order valence-corrected chi connectivity index (χ3v) is 3.43. The minimum Gasteiger partial charge on any atom is -0.497 e. The van der Waals surface area contributed by atoms with Crippen molar-refractivity contribution >= 4 is 11.6 Å². The lowest BCUT2D eigenvalue weighted by atomic mass is 10.2. The van der Waals surface area contributed by atoms with E-state index in [1.54, 1.807) is 44.4 Å². The van der Waals surface area contributed by atoms with Crippen molar-refractivity contribution in [2.45, 2.75) is 13.5 Å². The van der Waals surface area contributed by atoms with Gasteiger partial charge >= 0.3 is 0 Å². The van der Waals surface area contributed by atoms with Crippen LogP contribution in [-0.2, 0) is 11.3 Å². The fraction of sp³-hybridized carbons (Fsp3) is 0.176. The van der Waals surface area contributed by atoms with Gasteiger partial charge in [-0.25, -0.2) is 0 Å². The monoisotopic (exact) mass is 340 g/mol. The molecule has 0 aliphatic carbocycles. The van der Waals surface area contributed by atoms with Crippen LogP contribution in [0.3, 0.4) is 0 Å².